The Kier molecular flexibility index (Phi) is 3.42. The first kappa shape index (κ1) is 13.4. The first-order valence-corrected chi connectivity index (χ1v) is 7.06. The summed E-state index contributed by atoms with van der Waals surface area (Å²) in [4.78, 5) is 16.2. The van der Waals surface area contributed by atoms with E-state index in [0.717, 1.165) is 13.1 Å². The van der Waals surface area contributed by atoms with Crippen LogP contribution in [0.3, 0.4) is 0 Å². The highest BCUT2D eigenvalue weighted by Gasteiger charge is 2.51. The maximum atomic E-state index is 11.7. The van der Waals surface area contributed by atoms with Crippen molar-refractivity contribution in [1.82, 2.24) is 9.80 Å². The van der Waals surface area contributed by atoms with Crippen molar-refractivity contribution in [2.24, 2.45) is 0 Å². The van der Waals surface area contributed by atoms with Gasteiger partial charge in [0, 0.05) is 25.2 Å². The lowest BCUT2D eigenvalue weighted by atomic mass is 10.0. The monoisotopic (exact) mass is 274 g/mol. The van der Waals surface area contributed by atoms with Gasteiger partial charge in [0.1, 0.15) is 6.61 Å². The first-order chi connectivity index (χ1) is 9.33. The van der Waals surface area contributed by atoms with E-state index in [1.807, 2.05) is 4.90 Å². The Labute approximate surface area is 120 Å². The number of carbonyl (C=O) groups is 1. The predicted octanol–water partition coefficient (Wildman–Crippen LogP) is 2.49. The zero-order valence-electron chi connectivity index (χ0n) is 10.9. The van der Waals surface area contributed by atoms with Crippen molar-refractivity contribution in [1.29, 1.82) is 0 Å². The van der Waals surface area contributed by atoms with Crippen molar-refractivity contribution in [3.63, 3.8) is 0 Å². The van der Waals surface area contributed by atoms with Crippen molar-refractivity contribution < 1.29 is 9.53 Å². The summed E-state index contributed by atoms with van der Waals surface area (Å²) in [6.07, 6.45) is 2.29. The molecule has 1 aromatic rings. The van der Waals surface area contributed by atoms with Crippen LogP contribution >= 0.6 is 0 Å². The number of amides is 1. The molecule has 4 heteroatoms. The second-order valence-corrected chi connectivity index (χ2v) is 5.75. The Bertz CT molecular complexity index is 491. The van der Waals surface area contributed by atoms with Crippen LogP contribution in [0.25, 0.3) is 0 Å². The van der Waals surface area contributed by atoms with Crippen molar-refractivity contribution in [3.8, 4) is 0 Å². The number of hydrogen-bond acceptors (Lipinski definition) is 3. The van der Waals surface area contributed by atoms with Crippen molar-refractivity contribution in [2.45, 2.75) is 44.9 Å². The number of nitrogens with zero attached hydrogens (tertiary/aromatic N) is 2. The molecule has 3 aliphatic heterocycles. The molecule has 3 heterocycles. The van der Waals surface area contributed by atoms with Gasteiger partial charge in [-0.15, -0.1) is 0 Å². The molecule has 3 saturated heterocycles. The minimum Gasteiger partial charge on any atom is -0.447 e. The SMILES string of the molecule is C.O=C1OCC2[C@H]3CC[C@@H](CN12)N3Cc1ccccc1. The van der Waals surface area contributed by atoms with Gasteiger partial charge < -0.3 is 4.74 Å². The molecule has 0 aliphatic carbocycles. The van der Waals surface area contributed by atoms with Crippen LogP contribution in [-0.2, 0) is 11.3 Å². The van der Waals surface area contributed by atoms with Crippen LogP contribution < -0.4 is 0 Å². The number of carbonyl (C=O) groups excluding carboxylic acids is 1. The summed E-state index contributed by atoms with van der Waals surface area (Å²) in [5, 5.41) is 0. The molecule has 3 aliphatic rings. The van der Waals surface area contributed by atoms with Gasteiger partial charge >= 0.3 is 6.09 Å². The molecule has 1 unspecified atom stereocenters. The van der Waals surface area contributed by atoms with Crippen LogP contribution in [0.2, 0.25) is 0 Å². The number of benzene rings is 1. The predicted molar refractivity (Wildman–Crippen MR) is 77.4 cm³/mol. The van der Waals surface area contributed by atoms with Crippen LogP contribution in [-0.4, -0.2) is 47.2 Å². The third-order valence-electron chi connectivity index (χ3n) is 4.76. The molecular formula is C16H22N2O2. The fourth-order valence-electron chi connectivity index (χ4n) is 3.84. The fourth-order valence-corrected chi connectivity index (χ4v) is 3.84. The maximum absolute atomic E-state index is 11.7. The number of cyclic esters (lactones) is 1. The number of ether oxygens (including phenoxy) is 1. The molecular weight excluding hydrogens is 252 g/mol. The summed E-state index contributed by atoms with van der Waals surface area (Å²) in [6, 6.07) is 11.9. The van der Waals surface area contributed by atoms with Crippen molar-refractivity contribution in [2.75, 3.05) is 13.2 Å². The Morgan fingerprint density at radius 1 is 1.15 bits per heavy atom. The lowest BCUT2D eigenvalue weighted by molar-refractivity contribution is 0.0522. The van der Waals surface area contributed by atoms with Crippen LogP contribution in [0.1, 0.15) is 25.8 Å². The Morgan fingerprint density at radius 3 is 2.75 bits per heavy atom. The molecule has 20 heavy (non-hydrogen) atoms. The van der Waals surface area contributed by atoms with Gasteiger partial charge in [-0.3, -0.25) is 9.80 Å². The van der Waals surface area contributed by atoms with E-state index < -0.39 is 0 Å². The van der Waals surface area contributed by atoms with E-state index in [1.54, 1.807) is 0 Å². The average molecular weight is 274 g/mol. The quantitative estimate of drug-likeness (QED) is 0.830. The van der Waals surface area contributed by atoms with Gasteiger partial charge in [0.05, 0.1) is 6.04 Å². The van der Waals surface area contributed by atoms with E-state index in [0.29, 0.717) is 18.7 Å². The number of fused-ring (bicyclic) bond motifs is 4. The molecule has 1 amide bonds. The summed E-state index contributed by atoms with van der Waals surface area (Å²) >= 11 is 0. The van der Waals surface area contributed by atoms with Gasteiger partial charge in [-0.05, 0) is 18.4 Å². The summed E-state index contributed by atoms with van der Waals surface area (Å²) in [5.41, 5.74) is 1.36. The minimum absolute atomic E-state index is 0. The second-order valence-electron chi connectivity index (χ2n) is 5.75. The molecule has 3 fully saturated rings. The lowest BCUT2D eigenvalue weighted by Gasteiger charge is -2.42. The van der Waals surface area contributed by atoms with Crippen molar-refractivity contribution >= 4 is 6.09 Å². The minimum atomic E-state index is -0.110. The van der Waals surface area contributed by atoms with Gasteiger partial charge in [-0.25, -0.2) is 4.79 Å². The largest absolute Gasteiger partial charge is 0.447 e. The van der Waals surface area contributed by atoms with E-state index in [-0.39, 0.29) is 19.6 Å². The van der Waals surface area contributed by atoms with Crippen molar-refractivity contribution in [3.05, 3.63) is 35.9 Å². The smallest absolute Gasteiger partial charge is 0.410 e. The third kappa shape index (κ3) is 1.99. The van der Waals surface area contributed by atoms with E-state index >= 15 is 0 Å². The van der Waals surface area contributed by atoms with Gasteiger partial charge in [0.15, 0.2) is 0 Å². The molecule has 2 bridgehead atoms. The summed E-state index contributed by atoms with van der Waals surface area (Å²) in [6.45, 7) is 2.41. The van der Waals surface area contributed by atoms with Gasteiger partial charge in [-0.2, -0.15) is 0 Å². The van der Waals surface area contributed by atoms with Gasteiger partial charge in [0.2, 0.25) is 0 Å². The molecule has 1 aromatic carbocycles. The zero-order valence-corrected chi connectivity index (χ0v) is 10.9. The van der Waals surface area contributed by atoms with Crippen LogP contribution in [0, 0.1) is 0 Å². The highest BCUT2D eigenvalue weighted by molar-refractivity contribution is 5.70. The van der Waals surface area contributed by atoms with Crippen LogP contribution in [0.4, 0.5) is 4.79 Å². The highest BCUT2D eigenvalue weighted by Crippen LogP contribution is 2.37. The zero-order chi connectivity index (χ0) is 12.8. The number of hydrogen-bond donors (Lipinski definition) is 0. The number of piperazine rings is 1. The second kappa shape index (κ2) is 5.09. The lowest BCUT2D eigenvalue weighted by Crippen LogP contribution is -2.58. The molecule has 0 aromatic heterocycles. The summed E-state index contributed by atoms with van der Waals surface area (Å²) < 4.78 is 5.21. The Balaban J connectivity index is 0.00000121. The molecule has 0 saturated carbocycles. The fraction of sp³-hybridized carbons (Fsp3) is 0.562. The summed E-state index contributed by atoms with van der Waals surface area (Å²) in [5.74, 6) is 0. The molecule has 0 spiro atoms. The topological polar surface area (TPSA) is 32.8 Å². The molecule has 0 N–H and O–H groups in total. The van der Waals surface area contributed by atoms with E-state index in [2.05, 4.69) is 35.2 Å². The number of rotatable bonds is 2. The van der Waals surface area contributed by atoms with E-state index in [9.17, 15) is 4.79 Å². The molecule has 4 nitrogen and oxygen atoms in total. The first-order valence-electron chi connectivity index (χ1n) is 7.06. The van der Waals surface area contributed by atoms with E-state index in [4.69, 9.17) is 4.74 Å². The Morgan fingerprint density at radius 2 is 1.95 bits per heavy atom. The standard InChI is InChI=1S/C15H18N2O2.CH4/c18-15-17-9-12-6-7-13(14(17)10-19-15)16(12)8-11-4-2-1-3-5-11;/h1-5,12-14H,6-10H2;1H4/t12-,13+,14?;/m0./s1. The van der Waals surface area contributed by atoms with Gasteiger partial charge in [0.25, 0.3) is 0 Å². The molecule has 4 rings (SSSR count). The Hall–Kier alpha value is -1.55. The van der Waals surface area contributed by atoms with E-state index in [1.165, 1.54) is 18.4 Å². The maximum Gasteiger partial charge on any atom is 0.410 e. The molecule has 3 atom stereocenters. The molecule has 108 valence electrons. The normalized spacial score (nSPS) is 31.7. The van der Waals surface area contributed by atoms with Crippen LogP contribution in [0.15, 0.2) is 30.3 Å². The van der Waals surface area contributed by atoms with Crippen LogP contribution in [0.5, 0.6) is 0 Å². The average Bonchev–Trinajstić information content (AvgIpc) is 2.93. The van der Waals surface area contributed by atoms with Gasteiger partial charge in [-0.1, -0.05) is 37.8 Å². The third-order valence-corrected chi connectivity index (χ3v) is 4.76. The molecule has 0 radical (unpaired) electrons. The summed E-state index contributed by atoms with van der Waals surface area (Å²) in [7, 11) is 0. The highest BCUT2D eigenvalue weighted by atomic mass is 16.6.